The van der Waals surface area contributed by atoms with Crippen molar-refractivity contribution >= 4 is 24.4 Å². The molecule has 0 saturated heterocycles. The van der Waals surface area contributed by atoms with Gasteiger partial charge in [-0.1, -0.05) is 31.2 Å². The molecule has 1 nitrogen and oxygen atoms in total. The van der Waals surface area contributed by atoms with Gasteiger partial charge in [-0.15, -0.1) is 24.4 Å². The van der Waals surface area contributed by atoms with E-state index in [1.807, 2.05) is 50.8 Å². The second kappa shape index (κ2) is 10.0. The maximum absolute atomic E-state index is 5.72. The molecular formula is C18H26OS2. The fourth-order valence-electron chi connectivity index (χ4n) is 1.73. The van der Waals surface area contributed by atoms with Crippen molar-refractivity contribution in [3.05, 3.63) is 58.1 Å². The quantitative estimate of drug-likeness (QED) is 0.331. The lowest BCUT2D eigenvalue weighted by Gasteiger charge is -2.25. The molecule has 0 amide bonds. The van der Waals surface area contributed by atoms with Gasteiger partial charge < -0.3 is 4.74 Å². The summed E-state index contributed by atoms with van der Waals surface area (Å²) < 4.78 is 5.72. The third-order valence-corrected chi connectivity index (χ3v) is 5.22. The summed E-state index contributed by atoms with van der Waals surface area (Å²) >= 11 is 6.36. The van der Waals surface area contributed by atoms with E-state index < -0.39 is 0 Å². The maximum atomic E-state index is 5.72. The first-order valence-corrected chi connectivity index (χ1v) is 8.73. The van der Waals surface area contributed by atoms with Gasteiger partial charge in [0.2, 0.25) is 0 Å². The Balaban J connectivity index is 2.44. The molecule has 0 N–H and O–H groups in total. The first kappa shape index (κ1) is 18.2. The molecule has 1 fully saturated rings. The van der Waals surface area contributed by atoms with Crippen LogP contribution in [0.25, 0.3) is 0 Å². The van der Waals surface area contributed by atoms with E-state index in [2.05, 4.69) is 31.4 Å². The Morgan fingerprint density at radius 2 is 2.05 bits per heavy atom. The van der Waals surface area contributed by atoms with Crippen LogP contribution in [0.3, 0.4) is 0 Å². The summed E-state index contributed by atoms with van der Waals surface area (Å²) in [6, 6.07) is 0. The zero-order chi connectivity index (χ0) is 15.7. The van der Waals surface area contributed by atoms with Crippen molar-refractivity contribution in [3.63, 3.8) is 0 Å². The van der Waals surface area contributed by atoms with Crippen LogP contribution >= 0.6 is 24.4 Å². The van der Waals surface area contributed by atoms with Gasteiger partial charge in [0, 0.05) is 15.1 Å². The Morgan fingerprint density at radius 1 is 1.33 bits per heavy atom. The molecule has 0 bridgehead atoms. The van der Waals surface area contributed by atoms with E-state index in [4.69, 9.17) is 4.74 Å². The lowest BCUT2D eigenvalue weighted by Crippen LogP contribution is -2.12. The summed E-state index contributed by atoms with van der Waals surface area (Å²) in [6.45, 7) is 10.7. The molecule has 0 radical (unpaired) electrons. The second-order valence-corrected chi connectivity index (χ2v) is 6.95. The van der Waals surface area contributed by atoms with Crippen LogP contribution in [0.4, 0.5) is 0 Å². The molecule has 0 heterocycles. The molecule has 0 spiro atoms. The van der Waals surface area contributed by atoms with E-state index in [-0.39, 0.29) is 0 Å². The van der Waals surface area contributed by atoms with Gasteiger partial charge in [-0.2, -0.15) is 0 Å². The highest BCUT2D eigenvalue weighted by atomic mass is 32.2. The van der Waals surface area contributed by atoms with Gasteiger partial charge in [0.05, 0.1) is 5.76 Å². The van der Waals surface area contributed by atoms with Crippen molar-refractivity contribution in [1.29, 1.82) is 0 Å². The minimum Gasteiger partial charge on any atom is -0.494 e. The molecule has 1 aliphatic carbocycles. The molecule has 21 heavy (non-hydrogen) atoms. The van der Waals surface area contributed by atoms with E-state index in [0.29, 0.717) is 6.61 Å². The molecule has 0 atom stereocenters. The van der Waals surface area contributed by atoms with E-state index in [9.17, 15) is 0 Å². The van der Waals surface area contributed by atoms with Crippen LogP contribution in [0.15, 0.2) is 58.1 Å². The third-order valence-electron chi connectivity index (χ3n) is 3.34. The number of hydrogen-bond acceptors (Lipinski definition) is 3. The first-order chi connectivity index (χ1) is 10.1. The van der Waals surface area contributed by atoms with Gasteiger partial charge in [0.1, 0.15) is 6.61 Å². The summed E-state index contributed by atoms with van der Waals surface area (Å²) in [5.41, 5.74) is 1.17. The molecule has 0 aliphatic heterocycles. The third kappa shape index (κ3) is 7.14. The summed E-state index contributed by atoms with van der Waals surface area (Å²) in [7, 11) is 0. The topological polar surface area (TPSA) is 9.23 Å². The van der Waals surface area contributed by atoms with Crippen LogP contribution in [0.5, 0.6) is 0 Å². The van der Waals surface area contributed by atoms with Crippen LogP contribution in [0.2, 0.25) is 0 Å². The Bertz CT molecular complexity index is 466. The van der Waals surface area contributed by atoms with Gasteiger partial charge in [-0.25, -0.2) is 0 Å². The lowest BCUT2D eigenvalue weighted by molar-refractivity contribution is 0.244. The minimum absolute atomic E-state index is 0.594. The van der Waals surface area contributed by atoms with Gasteiger partial charge in [0.15, 0.2) is 0 Å². The highest BCUT2D eigenvalue weighted by Crippen LogP contribution is 2.38. The number of thiol groups is 1. The van der Waals surface area contributed by atoms with Crippen molar-refractivity contribution < 1.29 is 4.74 Å². The Hall–Kier alpha value is -0.800. The number of allylic oxidation sites excluding steroid dienone is 5. The molecule has 0 aromatic heterocycles. The average molecular weight is 323 g/mol. The molecule has 1 saturated carbocycles. The van der Waals surface area contributed by atoms with E-state index >= 15 is 0 Å². The highest BCUT2D eigenvalue weighted by Gasteiger charge is 2.19. The van der Waals surface area contributed by atoms with E-state index in [0.717, 1.165) is 20.8 Å². The number of hydrogen-bond donors (Lipinski definition) is 1. The molecule has 116 valence electrons. The number of ether oxygens (including phenoxy) is 1. The van der Waals surface area contributed by atoms with Crippen LogP contribution < -0.4 is 0 Å². The van der Waals surface area contributed by atoms with Crippen LogP contribution in [-0.2, 0) is 4.74 Å². The van der Waals surface area contributed by atoms with Crippen LogP contribution in [-0.4, -0.2) is 11.9 Å². The van der Waals surface area contributed by atoms with Gasteiger partial charge in [-0.05, 0) is 51.3 Å². The van der Waals surface area contributed by atoms with Crippen molar-refractivity contribution in [1.82, 2.24) is 0 Å². The SMILES string of the molecule is C=C(SC1CCC1)/C(S)=C\C=C(/C)OCC(/C=C\C)=C/C. The first-order valence-electron chi connectivity index (χ1n) is 7.41. The summed E-state index contributed by atoms with van der Waals surface area (Å²) in [4.78, 5) is 1.98. The molecule has 0 aromatic carbocycles. The van der Waals surface area contributed by atoms with Crippen LogP contribution in [0, 0.1) is 0 Å². The Labute approximate surface area is 139 Å². The largest absolute Gasteiger partial charge is 0.494 e. The second-order valence-electron chi connectivity index (χ2n) is 5.08. The van der Waals surface area contributed by atoms with Crippen molar-refractivity contribution in [3.8, 4) is 0 Å². The van der Waals surface area contributed by atoms with Crippen molar-refractivity contribution in [2.75, 3.05) is 6.61 Å². The highest BCUT2D eigenvalue weighted by molar-refractivity contribution is 8.05. The lowest BCUT2D eigenvalue weighted by atomic mass is 10.0. The van der Waals surface area contributed by atoms with Crippen LogP contribution in [0.1, 0.15) is 40.0 Å². The van der Waals surface area contributed by atoms with Gasteiger partial charge in [0.25, 0.3) is 0 Å². The minimum atomic E-state index is 0.594. The number of thioether (sulfide) groups is 1. The van der Waals surface area contributed by atoms with Gasteiger partial charge in [-0.3, -0.25) is 0 Å². The molecule has 3 heteroatoms. The maximum Gasteiger partial charge on any atom is 0.112 e. The van der Waals surface area contributed by atoms with Crippen molar-refractivity contribution in [2.45, 2.75) is 45.3 Å². The summed E-state index contributed by atoms with van der Waals surface area (Å²) in [5.74, 6) is 0.881. The molecule has 0 aromatic rings. The zero-order valence-electron chi connectivity index (χ0n) is 13.3. The molecular weight excluding hydrogens is 296 g/mol. The van der Waals surface area contributed by atoms with E-state index in [1.54, 1.807) is 0 Å². The molecule has 1 aliphatic rings. The fraction of sp³-hybridized carbons (Fsp3) is 0.444. The fourth-order valence-corrected chi connectivity index (χ4v) is 3.12. The van der Waals surface area contributed by atoms with Gasteiger partial charge >= 0.3 is 0 Å². The smallest absolute Gasteiger partial charge is 0.112 e. The predicted octanol–water partition coefficient (Wildman–Crippen LogP) is 6.04. The molecule has 1 rings (SSSR count). The Morgan fingerprint density at radius 3 is 2.57 bits per heavy atom. The Kier molecular flexibility index (Phi) is 8.70. The average Bonchev–Trinajstić information content (AvgIpc) is 2.44. The van der Waals surface area contributed by atoms with E-state index in [1.165, 1.54) is 24.8 Å². The standard InChI is InChI=1S/C18H26OS2/c1-5-8-16(6-2)13-19-14(3)11-12-18(20)15(4)21-17-9-7-10-17/h5-6,8,11-12,17,20H,4,7,9-10,13H2,1-3H3/b8-5-,14-11+,16-6+,18-12+. The monoisotopic (exact) mass is 322 g/mol. The molecule has 0 unspecified atom stereocenters. The predicted molar refractivity (Wildman–Crippen MR) is 99.7 cm³/mol. The normalized spacial score (nSPS) is 18.0. The van der Waals surface area contributed by atoms with Crippen molar-refractivity contribution in [2.24, 2.45) is 0 Å². The number of rotatable bonds is 8. The summed E-state index contributed by atoms with van der Waals surface area (Å²) in [5, 5.41) is 0.743. The zero-order valence-corrected chi connectivity index (χ0v) is 15.0. The summed E-state index contributed by atoms with van der Waals surface area (Å²) in [6.07, 6.45) is 14.0.